The van der Waals surface area contributed by atoms with E-state index < -0.39 is 0 Å². The smallest absolute Gasteiger partial charge is 0.140 e. The Kier molecular flexibility index (Phi) is 2.23. The summed E-state index contributed by atoms with van der Waals surface area (Å²) in [4.78, 5) is 8.52. The summed E-state index contributed by atoms with van der Waals surface area (Å²) < 4.78 is 1.80. The van der Waals surface area contributed by atoms with Crippen molar-refractivity contribution in [1.29, 1.82) is 0 Å². The Balaban J connectivity index is 2.28. The zero-order valence-electron chi connectivity index (χ0n) is 8.84. The largest absolute Gasteiger partial charge is 0.383 e. The number of hydrogen-bond donors (Lipinski definition) is 1. The zero-order valence-corrected chi connectivity index (χ0v) is 9.59. The van der Waals surface area contributed by atoms with Crippen LogP contribution in [-0.4, -0.2) is 14.4 Å². The van der Waals surface area contributed by atoms with E-state index in [0.717, 1.165) is 16.9 Å². The fraction of sp³-hybridized carbons (Fsp3) is 0. The minimum atomic E-state index is 0.588. The van der Waals surface area contributed by atoms with Crippen LogP contribution in [0, 0.1) is 0 Å². The van der Waals surface area contributed by atoms with E-state index in [1.54, 1.807) is 35.1 Å². The Morgan fingerprint density at radius 1 is 1.29 bits per heavy atom. The summed E-state index contributed by atoms with van der Waals surface area (Å²) >= 11 is 5.92. The first-order valence-electron chi connectivity index (χ1n) is 5.09. The number of halogens is 1. The molecule has 3 heterocycles. The van der Waals surface area contributed by atoms with Crippen LogP contribution in [0.25, 0.3) is 16.9 Å². The van der Waals surface area contributed by atoms with E-state index in [-0.39, 0.29) is 0 Å². The molecule has 84 valence electrons. The highest BCUT2D eigenvalue weighted by atomic mass is 35.5. The molecule has 3 aromatic rings. The average Bonchev–Trinajstić information content (AvgIpc) is 2.67. The van der Waals surface area contributed by atoms with Crippen molar-refractivity contribution in [2.24, 2.45) is 0 Å². The normalized spacial score (nSPS) is 10.9. The number of nitrogen functional groups attached to an aromatic ring is 1. The third kappa shape index (κ3) is 1.62. The van der Waals surface area contributed by atoms with Crippen molar-refractivity contribution < 1.29 is 0 Å². The summed E-state index contributed by atoms with van der Waals surface area (Å²) in [5.41, 5.74) is 8.40. The summed E-state index contributed by atoms with van der Waals surface area (Å²) in [5.74, 6) is 0.588. The van der Waals surface area contributed by atoms with Gasteiger partial charge >= 0.3 is 0 Å². The fourth-order valence-corrected chi connectivity index (χ4v) is 1.91. The third-order valence-electron chi connectivity index (χ3n) is 2.56. The molecule has 0 atom stereocenters. The first kappa shape index (κ1) is 10.1. The first-order valence-corrected chi connectivity index (χ1v) is 5.47. The average molecular weight is 245 g/mol. The van der Waals surface area contributed by atoms with Crippen LogP contribution in [0.2, 0.25) is 5.02 Å². The van der Waals surface area contributed by atoms with E-state index in [2.05, 4.69) is 9.97 Å². The molecule has 0 saturated carbocycles. The van der Waals surface area contributed by atoms with Gasteiger partial charge in [0.25, 0.3) is 0 Å². The van der Waals surface area contributed by atoms with Gasteiger partial charge in [-0.1, -0.05) is 11.6 Å². The van der Waals surface area contributed by atoms with Gasteiger partial charge in [-0.05, 0) is 18.2 Å². The number of pyridine rings is 2. The topological polar surface area (TPSA) is 56.2 Å². The quantitative estimate of drug-likeness (QED) is 0.716. The molecular formula is C12H9ClN4. The molecule has 17 heavy (non-hydrogen) atoms. The lowest BCUT2D eigenvalue weighted by Gasteiger charge is -1.98. The minimum Gasteiger partial charge on any atom is -0.383 e. The number of nitrogens with zero attached hydrogens (tertiary/aromatic N) is 3. The maximum atomic E-state index is 6.05. The highest BCUT2D eigenvalue weighted by molar-refractivity contribution is 6.30. The maximum Gasteiger partial charge on any atom is 0.140 e. The minimum absolute atomic E-state index is 0.588. The molecule has 0 unspecified atom stereocenters. The SMILES string of the molecule is Nc1c(-c2cccnc2)nc2cc(Cl)ccn12. The molecule has 3 rings (SSSR count). The van der Waals surface area contributed by atoms with E-state index >= 15 is 0 Å². The molecule has 2 N–H and O–H groups in total. The van der Waals surface area contributed by atoms with Crippen LogP contribution < -0.4 is 5.73 Å². The number of fused-ring (bicyclic) bond motifs is 1. The Morgan fingerprint density at radius 3 is 2.94 bits per heavy atom. The molecule has 0 aliphatic carbocycles. The van der Waals surface area contributed by atoms with Crippen molar-refractivity contribution in [1.82, 2.24) is 14.4 Å². The number of aromatic nitrogens is 3. The predicted molar refractivity (Wildman–Crippen MR) is 67.8 cm³/mol. The predicted octanol–water partition coefficient (Wildman–Crippen LogP) is 2.63. The van der Waals surface area contributed by atoms with Crippen LogP contribution in [0.15, 0.2) is 42.9 Å². The summed E-state index contributed by atoms with van der Waals surface area (Å²) in [6.45, 7) is 0. The van der Waals surface area contributed by atoms with Crippen LogP contribution in [0.1, 0.15) is 0 Å². The molecule has 0 aliphatic rings. The highest BCUT2D eigenvalue weighted by Crippen LogP contribution is 2.26. The number of anilines is 1. The fourth-order valence-electron chi connectivity index (χ4n) is 1.75. The Labute approximate surface area is 103 Å². The summed E-state index contributed by atoms with van der Waals surface area (Å²) in [6.07, 6.45) is 5.26. The number of rotatable bonds is 1. The molecule has 0 bridgehead atoms. The van der Waals surface area contributed by atoms with Gasteiger partial charge < -0.3 is 5.73 Å². The molecule has 0 spiro atoms. The van der Waals surface area contributed by atoms with Gasteiger partial charge in [0.2, 0.25) is 0 Å². The molecule has 0 amide bonds. The number of nitrogens with two attached hydrogens (primary N) is 1. The summed E-state index contributed by atoms with van der Waals surface area (Å²) in [6, 6.07) is 7.33. The third-order valence-corrected chi connectivity index (χ3v) is 2.80. The molecule has 0 aliphatic heterocycles. The van der Waals surface area contributed by atoms with Gasteiger partial charge in [-0.15, -0.1) is 0 Å². The first-order chi connectivity index (χ1) is 8.25. The van der Waals surface area contributed by atoms with E-state index in [4.69, 9.17) is 17.3 Å². The van der Waals surface area contributed by atoms with Crippen LogP contribution in [-0.2, 0) is 0 Å². The lowest BCUT2D eigenvalue weighted by molar-refractivity contribution is 1.20. The summed E-state index contributed by atoms with van der Waals surface area (Å²) in [7, 11) is 0. The lowest BCUT2D eigenvalue weighted by Crippen LogP contribution is -1.93. The monoisotopic (exact) mass is 244 g/mol. The van der Waals surface area contributed by atoms with E-state index in [0.29, 0.717) is 10.8 Å². The van der Waals surface area contributed by atoms with Gasteiger partial charge in [-0.25, -0.2) is 4.98 Å². The van der Waals surface area contributed by atoms with Gasteiger partial charge in [0.1, 0.15) is 17.2 Å². The van der Waals surface area contributed by atoms with Gasteiger partial charge in [0.15, 0.2) is 0 Å². The van der Waals surface area contributed by atoms with Gasteiger partial charge in [0, 0.05) is 35.2 Å². The molecular weight excluding hydrogens is 236 g/mol. The van der Waals surface area contributed by atoms with Crippen molar-refractivity contribution >= 4 is 23.1 Å². The van der Waals surface area contributed by atoms with Gasteiger partial charge in [-0.2, -0.15) is 0 Å². The van der Waals surface area contributed by atoms with E-state index in [1.807, 2.05) is 12.1 Å². The van der Waals surface area contributed by atoms with Crippen LogP contribution in [0.4, 0.5) is 5.82 Å². The van der Waals surface area contributed by atoms with Crippen LogP contribution in [0.3, 0.4) is 0 Å². The van der Waals surface area contributed by atoms with Crippen molar-refractivity contribution in [2.75, 3.05) is 5.73 Å². The molecule has 0 aromatic carbocycles. The highest BCUT2D eigenvalue weighted by Gasteiger charge is 2.11. The molecule has 5 heteroatoms. The van der Waals surface area contributed by atoms with Crippen molar-refractivity contribution in [3.8, 4) is 11.3 Å². The second kappa shape index (κ2) is 3.75. The Morgan fingerprint density at radius 2 is 2.18 bits per heavy atom. The molecule has 3 aromatic heterocycles. The van der Waals surface area contributed by atoms with Gasteiger partial charge in [-0.3, -0.25) is 9.38 Å². The molecule has 4 nitrogen and oxygen atoms in total. The number of hydrogen-bond acceptors (Lipinski definition) is 3. The van der Waals surface area contributed by atoms with E-state index in [1.165, 1.54) is 0 Å². The maximum absolute atomic E-state index is 6.05. The second-order valence-electron chi connectivity index (χ2n) is 3.66. The molecule has 0 saturated heterocycles. The summed E-state index contributed by atoms with van der Waals surface area (Å²) in [5, 5.41) is 0.639. The van der Waals surface area contributed by atoms with Crippen molar-refractivity contribution in [3.05, 3.63) is 47.9 Å². The van der Waals surface area contributed by atoms with Crippen LogP contribution in [0.5, 0.6) is 0 Å². The zero-order chi connectivity index (χ0) is 11.8. The van der Waals surface area contributed by atoms with E-state index in [9.17, 15) is 0 Å². The molecule has 0 fully saturated rings. The molecule has 0 radical (unpaired) electrons. The second-order valence-corrected chi connectivity index (χ2v) is 4.10. The van der Waals surface area contributed by atoms with Crippen LogP contribution >= 0.6 is 11.6 Å². The lowest BCUT2D eigenvalue weighted by atomic mass is 10.2. The van der Waals surface area contributed by atoms with Gasteiger partial charge in [0.05, 0.1) is 0 Å². The standard InChI is InChI=1S/C12H9ClN4/c13-9-3-5-17-10(6-9)16-11(12(17)14)8-2-1-4-15-7-8/h1-7H,14H2. The van der Waals surface area contributed by atoms with Crippen molar-refractivity contribution in [2.45, 2.75) is 0 Å². The Bertz CT molecular complexity index is 676. The number of imidazole rings is 1. The Hall–Kier alpha value is -2.07. The van der Waals surface area contributed by atoms with Crippen molar-refractivity contribution in [3.63, 3.8) is 0 Å².